The lowest BCUT2D eigenvalue weighted by Gasteiger charge is -2.10. The number of hydrogen-bond donors (Lipinski definition) is 2. The maximum atomic E-state index is 11.7. The van der Waals surface area contributed by atoms with Crippen LogP contribution in [0.2, 0.25) is 0 Å². The first-order valence-electron chi connectivity index (χ1n) is 5.91. The van der Waals surface area contributed by atoms with Crippen LogP contribution in [0.25, 0.3) is 0 Å². The highest BCUT2D eigenvalue weighted by Crippen LogP contribution is 2.17. The molecule has 1 atom stereocenters. The summed E-state index contributed by atoms with van der Waals surface area (Å²) >= 11 is 3.29. The average Bonchev–Trinajstić information content (AvgIpc) is 2.37. The van der Waals surface area contributed by atoms with Crippen LogP contribution < -0.4 is 10.6 Å². The van der Waals surface area contributed by atoms with E-state index >= 15 is 0 Å². The summed E-state index contributed by atoms with van der Waals surface area (Å²) in [4.78, 5) is 22.7. The number of halogens is 1. The zero-order valence-corrected chi connectivity index (χ0v) is 12.1. The highest BCUT2D eigenvalue weighted by Gasteiger charge is 2.12. The van der Waals surface area contributed by atoms with E-state index in [2.05, 4.69) is 26.6 Å². The van der Waals surface area contributed by atoms with Crippen molar-refractivity contribution in [3.05, 3.63) is 24.3 Å². The van der Waals surface area contributed by atoms with E-state index in [0.717, 1.165) is 6.42 Å². The monoisotopic (exact) mass is 312 g/mol. The van der Waals surface area contributed by atoms with E-state index in [1.54, 1.807) is 31.2 Å². The van der Waals surface area contributed by atoms with Gasteiger partial charge in [0, 0.05) is 17.8 Å². The Balaban J connectivity index is 2.70. The van der Waals surface area contributed by atoms with Crippen LogP contribution in [0.1, 0.15) is 26.7 Å². The Kier molecular flexibility index (Phi) is 5.85. The van der Waals surface area contributed by atoms with Gasteiger partial charge in [0.15, 0.2) is 0 Å². The first kappa shape index (κ1) is 14.7. The zero-order valence-electron chi connectivity index (χ0n) is 10.5. The topological polar surface area (TPSA) is 58.2 Å². The van der Waals surface area contributed by atoms with Crippen molar-refractivity contribution in [3.8, 4) is 0 Å². The Hall–Kier alpha value is -1.36. The molecule has 0 saturated heterocycles. The van der Waals surface area contributed by atoms with Crippen molar-refractivity contribution in [1.82, 2.24) is 0 Å². The molecule has 0 fully saturated rings. The zero-order chi connectivity index (χ0) is 13.5. The number of benzene rings is 1. The molecule has 4 nitrogen and oxygen atoms in total. The molecule has 1 unspecified atom stereocenters. The van der Waals surface area contributed by atoms with E-state index in [1.165, 1.54) is 0 Å². The summed E-state index contributed by atoms with van der Waals surface area (Å²) in [6, 6.07) is 7.10. The van der Waals surface area contributed by atoms with Crippen LogP contribution in [-0.4, -0.2) is 16.6 Å². The maximum absolute atomic E-state index is 11.7. The number of carbonyl (C=O) groups excluding carboxylic acids is 2. The molecule has 5 heteroatoms. The SMILES string of the molecule is CCC(=O)Nc1cccc(NC(=O)C(Br)CC)c1. The fourth-order valence-corrected chi connectivity index (χ4v) is 1.44. The van der Waals surface area contributed by atoms with Gasteiger partial charge >= 0.3 is 0 Å². The molecule has 0 aromatic heterocycles. The fourth-order valence-electron chi connectivity index (χ4n) is 1.33. The number of carbonyl (C=O) groups is 2. The predicted molar refractivity (Wildman–Crippen MR) is 77.0 cm³/mol. The Labute approximate surface area is 115 Å². The van der Waals surface area contributed by atoms with E-state index in [4.69, 9.17) is 0 Å². The van der Waals surface area contributed by atoms with Gasteiger partial charge < -0.3 is 10.6 Å². The van der Waals surface area contributed by atoms with Crippen molar-refractivity contribution in [2.75, 3.05) is 10.6 Å². The number of rotatable bonds is 5. The minimum atomic E-state index is -0.202. The highest BCUT2D eigenvalue weighted by molar-refractivity contribution is 9.10. The summed E-state index contributed by atoms with van der Waals surface area (Å²) in [6.07, 6.45) is 1.15. The van der Waals surface area contributed by atoms with Crippen molar-refractivity contribution in [3.63, 3.8) is 0 Å². The molecule has 98 valence electrons. The van der Waals surface area contributed by atoms with Crippen molar-refractivity contribution in [2.24, 2.45) is 0 Å². The number of amides is 2. The van der Waals surface area contributed by atoms with Crippen LogP contribution in [-0.2, 0) is 9.59 Å². The molecule has 1 aromatic carbocycles. The van der Waals surface area contributed by atoms with Crippen LogP contribution in [0, 0.1) is 0 Å². The van der Waals surface area contributed by atoms with Gasteiger partial charge in [0.05, 0.1) is 4.83 Å². The van der Waals surface area contributed by atoms with Gasteiger partial charge in [-0.15, -0.1) is 0 Å². The Bertz CT molecular complexity index is 435. The van der Waals surface area contributed by atoms with Gasteiger partial charge in [-0.05, 0) is 24.6 Å². The van der Waals surface area contributed by atoms with Crippen molar-refractivity contribution in [1.29, 1.82) is 0 Å². The molecule has 1 aromatic rings. The minimum absolute atomic E-state index is 0.0506. The summed E-state index contributed by atoms with van der Waals surface area (Å²) in [7, 11) is 0. The van der Waals surface area contributed by atoms with Crippen LogP contribution in [0.4, 0.5) is 11.4 Å². The van der Waals surface area contributed by atoms with E-state index in [-0.39, 0.29) is 16.6 Å². The lowest BCUT2D eigenvalue weighted by atomic mass is 10.2. The van der Waals surface area contributed by atoms with Gasteiger partial charge in [0.25, 0.3) is 0 Å². The second kappa shape index (κ2) is 7.16. The third kappa shape index (κ3) is 4.49. The Morgan fingerprint density at radius 1 is 1.22 bits per heavy atom. The highest BCUT2D eigenvalue weighted by atomic mass is 79.9. The van der Waals surface area contributed by atoms with E-state index < -0.39 is 0 Å². The van der Waals surface area contributed by atoms with Gasteiger partial charge in [-0.3, -0.25) is 9.59 Å². The van der Waals surface area contributed by atoms with Crippen molar-refractivity contribution in [2.45, 2.75) is 31.5 Å². The van der Waals surface area contributed by atoms with Crippen molar-refractivity contribution < 1.29 is 9.59 Å². The van der Waals surface area contributed by atoms with Crippen molar-refractivity contribution >= 4 is 39.1 Å². The van der Waals surface area contributed by atoms with E-state index in [9.17, 15) is 9.59 Å². The van der Waals surface area contributed by atoms with Gasteiger partial charge in [-0.1, -0.05) is 35.8 Å². The standard InChI is InChI=1S/C13H17BrN2O2/c1-3-11(14)13(18)16-10-7-5-6-9(8-10)15-12(17)4-2/h5-8,11H,3-4H2,1-2H3,(H,15,17)(H,16,18). The number of alkyl halides is 1. The van der Waals surface area contributed by atoms with Crippen LogP contribution in [0.3, 0.4) is 0 Å². The molecule has 0 saturated carbocycles. The Morgan fingerprint density at radius 3 is 2.39 bits per heavy atom. The first-order valence-corrected chi connectivity index (χ1v) is 6.83. The lowest BCUT2D eigenvalue weighted by molar-refractivity contribution is -0.116. The normalized spacial score (nSPS) is 11.7. The molecule has 0 bridgehead atoms. The van der Waals surface area contributed by atoms with Gasteiger partial charge in [0.1, 0.15) is 0 Å². The molecule has 0 aliphatic rings. The summed E-state index contributed by atoms with van der Waals surface area (Å²) in [5.41, 5.74) is 1.36. The van der Waals surface area contributed by atoms with Crippen LogP contribution >= 0.6 is 15.9 Å². The Morgan fingerprint density at radius 2 is 1.83 bits per heavy atom. The minimum Gasteiger partial charge on any atom is -0.326 e. The molecule has 0 aliphatic heterocycles. The third-order valence-corrected chi connectivity index (χ3v) is 3.44. The number of anilines is 2. The lowest BCUT2D eigenvalue weighted by Crippen LogP contribution is -2.22. The van der Waals surface area contributed by atoms with Gasteiger partial charge in [0.2, 0.25) is 11.8 Å². The molecule has 0 radical (unpaired) electrons. The molecule has 0 aliphatic carbocycles. The summed E-state index contributed by atoms with van der Waals surface area (Å²) < 4.78 is 0. The molecule has 2 amide bonds. The predicted octanol–water partition coefficient (Wildman–Crippen LogP) is 3.15. The molecule has 0 spiro atoms. The molecule has 0 heterocycles. The molecular formula is C13H17BrN2O2. The second-order valence-corrected chi connectivity index (χ2v) is 4.95. The quantitative estimate of drug-likeness (QED) is 0.821. The summed E-state index contributed by atoms with van der Waals surface area (Å²) in [5.74, 6) is -0.137. The van der Waals surface area contributed by atoms with Gasteiger partial charge in [-0.2, -0.15) is 0 Å². The van der Waals surface area contributed by atoms with E-state index in [0.29, 0.717) is 17.8 Å². The molecule has 2 N–H and O–H groups in total. The number of hydrogen-bond acceptors (Lipinski definition) is 2. The van der Waals surface area contributed by atoms with Crippen LogP contribution in [0.15, 0.2) is 24.3 Å². The number of nitrogens with one attached hydrogen (secondary N) is 2. The molecule has 1 rings (SSSR count). The second-order valence-electron chi connectivity index (χ2n) is 3.85. The molecular weight excluding hydrogens is 296 g/mol. The first-order chi connectivity index (χ1) is 8.56. The smallest absolute Gasteiger partial charge is 0.238 e. The maximum Gasteiger partial charge on any atom is 0.238 e. The fraction of sp³-hybridized carbons (Fsp3) is 0.385. The van der Waals surface area contributed by atoms with E-state index in [1.807, 2.05) is 6.92 Å². The average molecular weight is 313 g/mol. The summed E-state index contributed by atoms with van der Waals surface area (Å²) in [6.45, 7) is 3.72. The molecule has 18 heavy (non-hydrogen) atoms. The summed E-state index contributed by atoms with van der Waals surface area (Å²) in [5, 5.41) is 5.53. The largest absolute Gasteiger partial charge is 0.326 e. The van der Waals surface area contributed by atoms with Gasteiger partial charge in [-0.25, -0.2) is 0 Å². The van der Waals surface area contributed by atoms with Crippen LogP contribution in [0.5, 0.6) is 0 Å². The third-order valence-electron chi connectivity index (χ3n) is 2.38.